The van der Waals surface area contributed by atoms with Crippen LogP contribution in [0.15, 0.2) is 48.5 Å². The van der Waals surface area contributed by atoms with Crippen LogP contribution < -0.4 is 10.6 Å². The molecule has 0 aliphatic heterocycles. The Morgan fingerprint density at radius 3 is 2.22 bits per heavy atom. The second kappa shape index (κ2) is 7.54. The number of benzene rings is 2. The standard InChI is InChI=1S/C18H19FN2O2/c1-3-12(2)20-17(22)13-7-9-14(10-8-13)18(23)21-16-6-4-5-15(19)11-16/h4-12H,3H2,1-2H3,(H,20,22)(H,21,23). The first-order valence-corrected chi connectivity index (χ1v) is 7.47. The molecule has 120 valence electrons. The van der Waals surface area contributed by atoms with Crippen LogP contribution in [0.5, 0.6) is 0 Å². The molecule has 2 N–H and O–H groups in total. The van der Waals surface area contributed by atoms with Gasteiger partial charge in [0.25, 0.3) is 11.8 Å². The highest BCUT2D eigenvalue weighted by Gasteiger charge is 2.11. The van der Waals surface area contributed by atoms with Crippen LogP contribution in [-0.4, -0.2) is 17.9 Å². The van der Waals surface area contributed by atoms with Crippen molar-refractivity contribution in [3.63, 3.8) is 0 Å². The summed E-state index contributed by atoms with van der Waals surface area (Å²) in [4.78, 5) is 24.1. The molecule has 0 saturated heterocycles. The summed E-state index contributed by atoms with van der Waals surface area (Å²) in [5.41, 5.74) is 1.27. The molecule has 2 aromatic carbocycles. The normalized spacial score (nSPS) is 11.6. The minimum absolute atomic E-state index is 0.0958. The Morgan fingerprint density at radius 2 is 1.65 bits per heavy atom. The van der Waals surface area contributed by atoms with E-state index in [1.807, 2.05) is 13.8 Å². The smallest absolute Gasteiger partial charge is 0.255 e. The minimum Gasteiger partial charge on any atom is -0.350 e. The summed E-state index contributed by atoms with van der Waals surface area (Å²) in [6.07, 6.45) is 0.847. The molecule has 0 saturated carbocycles. The van der Waals surface area contributed by atoms with Crippen LogP contribution >= 0.6 is 0 Å². The van der Waals surface area contributed by atoms with Crippen LogP contribution in [0.3, 0.4) is 0 Å². The lowest BCUT2D eigenvalue weighted by Gasteiger charge is -2.11. The molecule has 0 radical (unpaired) electrons. The second-order valence-corrected chi connectivity index (χ2v) is 5.32. The Bertz CT molecular complexity index is 698. The maximum Gasteiger partial charge on any atom is 0.255 e. The Morgan fingerprint density at radius 1 is 1.04 bits per heavy atom. The van der Waals surface area contributed by atoms with Gasteiger partial charge in [-0.2, -0.15) is 0 Å². The number of hydrogen-bond acceptors (Lipinski definition) is 2. The average molecular weight is 314 g/mol. The molecule has 2 rings (SSSR count). The van der Waals surface area contributed by atoms with Crippen molar-refractivity contribution in [2.24, 2.45) is 0 Å². The molecule has 4 nitrogen and oxygen atoms in total. The van der Waals surface area contributed by atoms with Gasteiger partial charge in [-0.1, -0.05) is 13.0 Å². The molecule has 1 atom stereocenters. The van der Waals surface area contributed by atoms with Gasteiger partial charge in [-0.25, -0.2) is 4.39 Å². The van der Waals surface area contributed by atoms with E-state index >= 15 is 0 Å². The van der Waals surface area contributed by atoms with Gasteiger partial charge in [0, 0.05) is 22.9 Å². The average Bonchev–Trinajstić information content (AvgIpc) is 2.54. The van der Waals surface area contributed by atoms with E-state index in [1.165, 1.54) is 18.2 Å². The highest BCUT2D eigenvalue weighted by Crippen LogP contribution is 2.12. The van der Waals surface area contributed by atoms with Crippen molar-refractivity contribution in [3.8, 4) is 0 Å². The van der Waals surface area contributed by atoms with Gasteiger partial charge < -0.3 is 10.6 Å². The van der Waals surface area contributed by atoms with Crippen molar-refractivity contribution in [1.29, 1.82) is 0 Å². The van der Waals surface area contributed by atoms with Gasteiger partial charge in [0.15, 0.2) is 0 Å². The number of hydrogen-bond donors (Lipinski definition) is 2. The SMILES string of the molecule is CCC(C)NC(=O)c1ccc(C(=O)Nc2cccc(F)c2)cc1. The second-order valence-electron chi connectivity index (χ2n) is 5.32. The summed E-state index contributed by atoms with van der Waals surface area (Å²) in [6.45, 7) is 3.92. The van der Waals surface area contributed by atoms with Gasteiger partial charge in [-0.15, -0.1) is 0 Å². The third-order valence-electron chi connectivity index (χ3n) is 3.48. The predicted octanol–water partition coefficient (Wildman–Crippen LogP) is 3.61. The molecule has 2 aromatic rings. The Hall–Kier alpha value is -2.69. The van der Waals surface area contributed by atoms with Gasteiger partial charge in [0.05, 0.1) is 0 Å². The molecule has 0 aliphatic rings. The summed E-state index contributed by atoms with van der Waals surface area (Å²) in [5.74, 6) is -0.944. The number of nitrogens with one attached hydrogen (secondary N) is 2. The van der Waals surface area contributed by atoms with E-state index in [0.29, 0.717) is 16.8 Å². The third-order valence-corrected chi connectivity index (χ3v) is 3.48. The van der Waals surface area contributed by atoms with Crippen molar-refractivity contribution in [2.45, 2.75) is 26.3 Å². The van der Waals surface area contributed by atoms with Crippen LogP contribution in [0.1, 0.15) is 41.0 Å². The van der Waals surface area contributed by atoms with Gasteiger partial charge >= 0.3 is 0 Å². The quantitative estimate of drug-likeness (QED) is 0.886. The summed E-state index contributed by atoms with van der Waals surface area (Å²) in [5, 5.41) is 5.47. The molecule has 0 spiro atoms. The minimum atomic E-state index is -0.417. The van der Waals surface area contributed by atoms with Gasteiger partial charge in [-0.05, 0) is 55.8 Å². The van der Waals surface area contributed by atoms with Gasteiger partial charge in [0.1, 0.15) is 5.82 Å². The fourth-order valence-corrected chi connectivity index (χ4v) is 1.95. The number of halogens is 1. The molecule has 5 heteroatoms. The highest BCUT2D eigenvalue weighted by atomic mass is 19.1. The maximum atomic E-state index is 13.1. The fourth-order valence-electron chi connectivity index (χ4n) is 1.95. The molecule has 0 aliphatic carbocycles. The van der Waals surface area contributed by atoms with E-state index in [1.54, 1.807) is 30.3 Å². The van der Waals surface area contributed by atoms with E-state index in [9.17, 15) is 14.0 Å². The maximum absolute atomic E-state index is 13.1. The van der Waals surface area contributed by atoms with Crippen molar-refractivity contribution >= 4 is 17.5 Å². The molecule has 2 amide bonds. The lowest BCUT2D eigenvalue weighted by Crippen LogP contribution is -2.31. The molecule has 23 heavy (non-hydrogen) atoms. The molecular formula is C18H19FN2O2. The number of anilines is 1. The summed E-state index contributed by atoms with van der Waals surface area (Å²) in [7, 11) is 0. The van der Waals surface area contributed by atoms with Crippen LogP contribution in [0, 0.1) is 5.82 Å². The number of rotatable bonds is 5. The summed E-state index contributed by atoms with van der Waals surface area (Å²) in [6, 6.07) is 12.1. The highest BCUT2D eigenvalue weighted by molar-refractivity contribution is 6.05. The molecule has 0 bridgehead atoms. The van der Waals surface area contributed by atoms with E-state index in [0.717, 1.165) is 6.42 Å². The van der Waals surface area contributed by atoms with Crippen molar-refractivity contribution in [1.82, 2.24) is 5.32 Å². The predicted molar refractivity (Wildman–Crippen MR) is 88.0 cm³/mol. The summed E-state index contributed by atoms with van der Waals surface area (Å²) >= 11 is 0. The first-order chi connectivity index (χ1) is 11.0. The molecule has 0 fully saturated rings. The number of carbonyl (C=O) groups excluding carboxylic acids is 2. The Labute approximate surface area is 134 Å². The van der Waals surface area contributed by atoms with Gasteiger partial charge in [-0.3, -0.25) is 9.59 Å². The van der Waals surface area contributed by atoms with E-state index < -0.39 is 5.82 Å². The van der Waals surface area contributed by atoms with Crippen molar-refractivity contribution < 1.29 is 14.0 Å². The summed E-state index contributed by atoms with van der Waals surface area (Å²) < 4.78 is 13.1. The van der Waals surface area contributed by atoms with Crippen molar-refractivity contribution in [2.75, 3.05) is 5.32 Å². The lowest BCUT2D eigenvalue weighted by atomic mass is 10.1. The Kier molecular flexibility index (Phi) is 5.46. The molecular weight excluding hydrogens is 295 g/mol. The molecule has 0 heterocycles. The molecule has 1 unspecified atom stereocenters. The zero-order valence-corrected chi connectivity index (χ0v) is 13.1. The first-order valence-electron chi connectivity index (χ1n) is 7.47. The van der Waals surface area contributed by atoms with Crippen LogP contribution in [0.2, 0.25) is 0 Å². The first kappa shape index (κ1) is 16.7. The molecule has 0 aromatic heterocycles. The number of carbonyl (C=O) groups is 2. The third kappa shape index (κ3) is 4.64. The van der Waals surface area contributed by atoms with Crippen LogP contribution in [0.4, 0.5) is 10.1 Å². The topological polar surface area (TPSA) is 58.2 Å². The zero-order chi connectivity index (χ0) is 16.8. The van der Waals surface area contributed by atoms with Crippen LogP contribution in [0.25, 0.3) is 0 Å². The largest absolute Gasteiger partial charge is 0.350 e. The van der Waals surface area contributed by atoms with Gasteiger partial charge in [0.2, 0.25) is 0 Å². The monoisotopic (exact) mass is 314 g/mol. The lowest BCUT2D eigenvalue weighted by molar-refractivity contribution is 0.0937. The number of amides is 2. The zero-order valence-electron chi connectivity index (χ0n) is 13.1. The van der Waals surface area contributed by atoms with E-state index in [2.05, 4.69) is 10.6 Å². The van der Waals surface area contributed by atoms with E-state index in [-0.39, 0.29) is 17.9 Å². The van der Waals surface area contributed by atoms with Crippen molar-refractivity contribution in [3.05, 3.63) is 65.5 Å². The Balaban J connectivity index is 2.04. The van der Waals surface area contributed by atoms with E-state index in [4.69, 9.17) is 0 Å². The fraction of sp³-hybridized carbons (Fsp3) is 0.222. The van der Waals surface area contributed by atoms with Crippen LogP contribution in [-0.2, 0) is 0 Å².